The molecule has 0 radical (unpaired) electrons. The number of ketones is 1. The summed E-state index contributed by atoms with van der Waals surface area (Å²) in [5, 5.41) is 0.454. The summed E-state index contributed by atoms with van der Waals surface area (Å²) < 4.78 is 0. The van der Waals surface area contributed by atoms with Gasteiger partial charge in [-0.2, -0.15) is 0 Å². The topological polar surface area (TPSA) is 80.8 Å². The fourth-order valence-electron chi connectivity index (χ4n) is 2.84. The summed E-state index contributed by atoms with van der Waals surface area (Å²) in [5.74, 6) is -2.57. The molecule has 0 aromatic heterocycles. The van der Waals surface area contributed by atoms with Crippen molar-refractivity contribution < 1.29 is 24.0 Å². The molecule has 1 unspecified atom stereocenters. The molecule has 122 valence electrons. The van der Waals surface area contributed by atoms with Crippen molar-refractivity contribution in [3.05, 3.63) is 35.4 Å². The maximum atomic E-state index is 12.5. The van der Waals surface area contributed by atoms with E-state index in [0.717, 1.165) is 0 Å². The first kappa shape index (κ1) is 16.9. The minimum absolute atomic E-state index is 0.186. The number of fused-ring (bicyclic) bond motifs is 1. The summed E-state index contributed by atoms with van der Waals surface area (Å²) in [7, 11) is 0. The van der Waals surface area contributed by atoms with Crippen LogP contribution < -0.4 is 0 Å². The molecule has 6 heteroatoms. The lowest BCUT2D eigenvalue weighted by molar-refractivity contribution is -0.183. The van der Waals surface area contributed by atoms with Gasteiger partial charge in [-0.05, 0) is 31.9 Å². The summed E-state index contributed by atoms with van der Waals surface area (Å²) >= 11 is 0. The van der Waals surface area contributed by atoms with Crippen LogP contribution in [-0.2, 0) is 14.4 Å². The fraction of sp³-hybridized carbons (Fsp3) is 0.412. The highest BCUT2D eigenvalue weighted by Crippen LogP contribution is 2.33. The molecule has 1 heterocycles. The maximum absolute atomic E-state index is 12.5. The number of carbonyl (C=O) groups excluding carboxylic acids is 4. The standard InChI is InChI=1S/C17H19NO5/c1-4-10-17(5-2,11(3)19)16(22)23-18-14(20)12-8-6-7-9-13(12)15(18)21/h6-9H,4-5,10H2,1-3H3. The smallest absolute Gasteiger partial charge is 0.329 e. The normalized spacial score (nSPS) is 16.0. The van der Waals surface area contributed by atoms with E-state index >= 15 is 0 Å². The maximum Gasteiger partial charge on any atom is 0.346 e. The van der Waals surface area contributed by atoms with Gasteiger partial charge in [0, 0.05) is 0 Å². The number of carbonyl (C=O) groups is 4. The molecular weight excluding hydrogens is 298 g/mol. The molecule has 0 aliphatic carbocycles. The molecule has 1 aromatic carbocycles. The van der Waals surface area contributed by atoms with Crippen molar-refractivity contribution in [2.24, 2.45) is 5.41 Å². The van der Waals surface area contributed by atoms with Gasteiger partial charge in [0.2, 0.25) is 0 Å². The van der Waals surface area contributed by atoms with Gasteiger partial charge in [0.05, 0.1) is 11.1 Å². The fourth-order valence-corrected chi connectivity index (χ4v) is 2.84. The number of nitrogens with zero attached hydrogens (tertiary/aromatic N) is 1. The van der Waals surface area contributed by atoms with Crippen molar-refractivity contribution in [1.29, 1.82) is 0 Å². The van der Waals surface area contributed by atoms with Crippen molar-refractivity contribution in [3.8, 4) is 0 Å². The molecule has 1 aliphatic rings. The van der Waals surface area contributed by atoms with Crippen LogP contribution in [0.3, 0.4) is 0 Å². The summed E-state index contributed by atoms with van der Waals surface area (Å²) in [6.07, 6.45) is 1.16. The van der Waals surface area contributed by atoms with E-state index < -0.39 is 23.2 Å². The second-order valence-corrected chi connectivity index (χ2v) is 5.57. The van der Waals surface area contributed by atoms with Crippen molar-refractivity contribution in [2.45, 2.75) is 40.0 Å². The van der Waals surface area contributed by atoms with Crippen molar-refractivity contribution >= 4 is 23.6 Å². The van der Waals surface area contributed by atoms with Gasteiger partial charge in [-0.3, -0.25) is 14.4 Å². The molecule has 0 N–H and O–H groups in total. The van der Waals surface area contributed by atoms with Crippen LogP contribution in [0.25, 0.3) is 0 Å². The molecule has 23 heavy (non-hydrogen) atoms. The van der Waals surface area contributed by atoms with Crippen molar-refractivity contribution in [1.82, 2.24) is 5.06 Å². The Kier molecular flexibility index (Phi) is 4.63. The Morgan fingerprint density at radius 2 is 1.61 bits per heavy atom. The lowest BCUT2D eigenvalue weighted by Crippen LogP contribution is -2.44. The summed E-state index contributed by atoms with van der Waals surface area (Å²) in [6, 6.07) is 6.23. The van der Waals surface area contributed by atoms with E-state index in [4.69, 9.17) is 4.84 Å². The number of Topliss-reactive ketones (excluding diaryl/α,β-unsaturated/α-hetero) is 1. The van der Waals surface area contributed by atoms with Crippen LogP contribution in [0.5, 0.6) is 0 Å². The summed E-state index contributed by atoms with van der Waals surface area (Å²) in [4.78, 5) is 54.1. The highest BCUT2D eigenvalue weighted by Gasteiger charge is 2.47. The van der Waals surface area contributed by atoms with E-state index in [0.29, 0.717) is 17.9 Å². The molecule has 2 rings (SSSR count). The first-order valence-electron chi connectivity index (χ1n) is 7.60. The van der Waals surface area contributed by atoms with Crippen LogP contribution in [0.1, 0.15) is 60.7 Å². The summed E-state index contributed by atoms with van der Waals surface area (Å²) in [5.41, 5.74) is -0.958. The first-order valence-corrected chi connectivity index (χ1v) is 7.60. The number of rotatable bonds is 6. The molecule has 6 nitrogen and oxygen atoms in total. The second-order valence-electron chi connectivity index (χ2n) is 5.57. The van der Waals surface area contributed by atoms with Crippen LogP contribution in [0.2, 0.25) is 0 Å². The third-order valence-corrected chi connectivity index (χ3v) is 4.28. The lowest BCUT2D eigenvalue weighted by Gasteiger charge is -2.28. The Hall–Kier alpha value is -2.50. The molecular formula is C17H19NO5. The number of hydrogen-bond acceptors (Lipinski definition) is 5. The molecule has 2 amide bonds. The zero-order valence-electron chi connectivity index (χ0n) is 13.4. The highest BCUT2D eigenvalue weighted by atomic mass is 16.7. The molecule has 0 saturated carbocycles. The number of hydroxylamine groups is 2. The van der Waals surface area contributed by atoms with Crippen LogP contribution >= 0.6 is 0 Å². The van der Waals surface area contributed by atoms with Crippen molar-refractivity contribution in [3.63, 3.8) is 0 Å². The van der Waals surface area contributed by atoms with Crippen LogP contribution in [-0.4, -0.2) is 28.6 Å². The van der Waals surface area contributed by atoms with E-state index in [1.165, 1.54) is 19.1 Å². The number of hydrogen-bond donors (Lipinski definition) is 0. The quantitative estimate of drug-likeness (QED) is 0.595. The molecule has 0 saturated heterocycles. The van der Waals surface area contributed by atoms with Crippen molar-refractivity contribution in [2.75, 3.05) is 0 Å². The van der Waals surface area contributed by atoms with Gasteiger partial charge >= 0.3 is 5.97 Å². The van der Waals surface area contributed by atoms with Gasteiger partial charge in [-0.15, -0.1) is 0 Å². The van der Waals surface area contributed by atoms with E-state index in [9.17, 15) is 19.2 Å². The van der Waals surface area contributed by atoms with Gasteiger partial charge < -0.3 is 4.84 Å². The zero-order valence-corrected chi connectivity index (χ0v) is 13.4. The second kappa shape index (κ2) is 6.32. The highest BCUT2D eigenvalue weighted by molar-refractivity contribution is 6.21. The molecule has 1 atom stereocenters. The largest absolute Gasteiger partial charge is 0.346 e. The van der Waals surface area contributed by atoms with Gasteiger partial charge in [-0.25, -0.2) is 4.79 Å². The molecule has 1 aliphatic heterocycles. The van der Waals surface area contributed by atoms with Gasteiger partial charge in [-0.1, -0.05) is 37.5 Å². The van der Waals surface area contributed by atoms with E-state index in [1.54, 1.807) is 19.1 Å². The van der Waals surface area contributed by atoms with Crippen LogP contribution in [0, 0.1) is 5.41 Å². The van der Waals surface area contributed by atoms with E-state index in [2.05, 4.69) is 0 Å². The third-order valence-electron chi connectivity index (χ3n) is 4.28. The average Bonchev–Trinajstić information content (AvgIpc) is 2.77. The third kappa shape index (κ3) is 2.65. The molecule has 0 spiro atoms. The van der Waals surface area contributed by atoms with E-state index in [1.807, 2.05) is 6.92 Å². The predicted molar refractivity (Wildman–Crippen MR) is 81.3 cm³/mol. The average molecular weight is 317 g/mol. The molecule has 0 bridgehead atoms. The monoisotopic (exact) mass is 317 g/mol. The Bertz CT molecular complexity index is 646. The Labute approximate surface area is 134 Å². The Morgan fingerprint density at radius 3 is 2.00 bits per heavy atom. The minimum Gasteiger partial charge on any atom is -0.329 e. The number of amides is 2. The number of imide groups is 1. The molecule has 1 aromatic rings. The van der Waals surface area contributed by atoms with Gasteiger partial charge in [0.25, 0.3) is 11.8 Å². The Morgan fingerprint density at radius 1 is 1.09 bits per heavy atom. The van der Waals surface area contributed by atoms with Gasteiger partial charge in [0.15, 0.2) is 0 Å². The lowest BCUT2D eigenvalue weighted by atomic mass is 9.77. The minimum atomic E-state index is -1.33. The first-order chi connectivity index (χ1) is 10.9. The van der Waals surface area contributed by atoms with Crippen LogP contribution in [0.15, 0.2) is 24.3 Å². The number of benzene rings is 1. The van der Waals surface area contributed by atoms with E-state index in [-0.39, 0.29) is 23.3 Å². The van der Waals surface area contributed by atoms with Crippen LogP contribution in [0.4, 0.5) is 0 Å². The predicted octanol–water partition coefficient (Wildman–Crippen LogP) is 2.53. The van der Waals surface area contributed by atoms with Gasteiger partial charge in [0.1, 0.15) is 11.2 Å². The molecule has 0 fully saturated rings. The SMILES string of the molecule is CCCC(CC)(C(C)=O)C(=O)ON1C(=O)c2ccccc2C1=O. The summed E-state index contributed by atoms with van der Waals surface area (Å²) in [6.45, 7) is 4.88. The Balaban J connectivity index is 2.29. The zero-order chi connectivity index (χ0) is 17.2.